The van der Waals surface area contributed by atoms with Crippen LogP contribution in [0.5, 0.6) is 11.5 Å². The van der Waals surface area contributed by atoms with Gasteiger partial charge in [-0.1, -0.05) is 60.1 Å². The van der Waals surface area contributed by atoms with Crippen LogP contribution in [0.25, 0.3) is 0 Å². The van der Waals surface area contributed by atoms with Gasteiger partial charge in [0.05, 0.1) is 17.3 Å². The highest BCUT2D eigenvalue weighted by atomic mass is 35.5. The number of hydrogen-bond donors (Lipinski definition) is 0. The fourth-order valence-corrected chi connectivity index (χ4v) is 4.64. The Bertz CT molecular complexity index is 1400. The molecule has 2 aliphatic rings. The Labute approximate surface area is 208 Å². The number of hydrazone groups is 1. The lowest BCUT2D eigenvalue weighted by Crippen LogP contribution is -2.33. The molecule has 2 atom stereocenters. The SMILES string of the molecule is O=C(Oc1ccc(C2Oc3ccccc3C3CC(c4ccc(Cl)cc4)=NN32)cc1)c1ccccc1. The van der Waals surface area contributed by atoms with Crippen LogP contribution in [-0.4, -0.2) is 16.7 Å². The summed E-state index contributed by atoms with van der Waals surface area (Å²) in [5.74, 6) is 0.936. The number of halogens is 1. The van der Waals surface area contributed by atoms with Gasteiger partial charge >= 0.3 is 5.97 Å². The van der Waals surface area contributed by atoms with Crippen molar-refractivity contribution in [1.82, 2.24) is 5.01 Å². The molecule has 0 spiro atoms. The maximum Gasteiger partial charge on any atom is 0.343 e. The first-order chi connectivity index (χ1) is 17.2. The zero-order chi connectivity index (χ0) is 23.8. The number of hydrogen-bond acceptors (Lipinski definition) is 5. The molecule has 6 heteroatoms. The minimum absolute atomic E-state index is 0.0613. The molecule has 35 heavy (non-hydrogen) atoms. The highest BCUT2D eigenvalue weighted by Crippen LogP contribution is 2.47. The fraction of sp³-hybridized carbons (Fsp3) is 0.103. The number of nitrogens with zero attached hydrogens (tertiary/aromatic N) is 2. The van der Waals surface area contributed by atoms with E-state index in [4.69, 9.17) is 26.2 Å². The lowest BCUT2D eigenvalue weighted by molar-refractivity contribution is -0.0190. The van der Waals surface area contributed by atoms with Crippen molar-refractivity contribution in [2.75, 3.05) is 0 Å². The predicted molar refractivity (Wildman–Crippen MR) is 135 cm³/mol. The first-order valence-electron chi connectivity index (χ1n) is 11.4. The van der Waals surface area contributed by atoms with E-state index in [9.17, 15) is 4.79 Å². The van der Waals surface area contributed by atoms with Gasteiger partial charge in [0, 0.05) is 22.6 Å². The van der Waals surface area contributed by atoms with Crippen LogP contribution in [0.15, 0.2) is 108 Å². The zero-order valence-electron chi connectivity index (χ0n) is 18.7. The van der Waals surface area contributed by atoms with Crippen molar-refractivity contribution in [3.63, 3.8) is 0 Å². The first kappa shape index (κ1) is 21.4. The van der Waals surface area contributed by atoms with E-state index in [1.807, 2.05) is 77.8 Å². The van der Waals surface area contributed by atoms with Crippen LogP contribution in [0.3, 0.4) is 0 Å². The van der Waals surface area contributed by atoms with Gasteiger partial charge in [0.2, 0.25) is 6.23 Å². The second-order valence-corrected chi connectivity index (χ2v) is 8.92. The van der Waals surface area contributed by atoms with Gasteiger partial charge in [-0.15, -0.1) is 0 Å². The minimum atomic E-state index is -0.404. The molecule has 0 saturated carbocycles. The number of carbonyl (C=O) groups excluding carboxylic acids is 1. The predicted octanol–water partition coefficient (Wildman–Crippen LogP) is 6.80. The lowest BCUT2D eigenvalue weighted by Gasteiger charge is -2.38. The Kier molecular flexibility index (Phi) is 5.47. The minimum Gasteiger partial charge on any atom is -0.464 e. The maximum absolute atomic E-state index is 12.4. The second kappa shape index (κ2) is 8.93. The summed E-state index contributed by atoms with van der Waals surface area (Å²) in [5.41, 5.74) is 4.58. The van der Waals surface area contributed by atoms with E-state index < -0.39 is 12.2 Å². The van der Waals surface area contributed by atoms with Crippen molar-refractivity contribution in [2.24, 2.45) is 5.10 Å². The van der Waals surface area contributed by atoms with Crippen LogP contribution < -0.4 is 9.47 Å². The van der Waals surface area contributed by atoms with Gasteiger partial charge in [0.15, 0.2) is 0 Å². The van der Waals surface area contributed by atoms with Crippen molar-refractivity contribution in [3.05, 3.63) is 130 Å². The summed E-state index contributed by atoms with van der Waals surface area (Å²) in [7, 11) is 0. The Hall–Kier alpha value is -4.09. The van der Waals surface area contributed by atoms with E-state index in [1.54, 1.807) is 24.3 Å². The number of benzene rings is 4. The average Bonchev–Trinajstić information content (AvgIpc) is 3.35. The summed E-state index contributed by atoms with van der Waals surface area (Å²) < 4.78 is 12.0. The highest BCUT2D eigenvalue weighted by molar-refractivity contribution is 6.30. The number of rotatable bonds is 4. The standard InChI is InChI=1S/C29H21ClN2O3/c30-22-14-10-19(11-15-22)25-18-26-24-8-4-5-9-27(24)35-28(32(26)31-25)20-12-16-23(17-13-20)34-29(33)21-6-2-1-3-7-21/h1-17,26,28H,18H2. The maximum atomic E-state index is 12.4. The zero-order valence-corrected chi connectivity index (χ0v) is 19.4. The van der Waals surface area contributed by atoms with Crippen molar-refractivity contribution in [1.29, 1.82) is 0 Å². The third kappa shape index (κ3) is 4.15. The van der Waals surface area contributed by atoms with Crippen molar-refractivity contribution in [2.45, 2.75) is 18.7 Å². The summed E-state index contributed by atoms with van der Waals surface area (Å²) in [6, 6.07) is 32.3. The first-order valence-corrected chi connectivity index (χ1v) is 11.8. The van der Waals surface area contributed by atoms with Crippen molar-refractivity contribution in [3.8, 4) is 11.5 Å². The van der Waals surface area contributed by atoms with Gasteiger partial charge < -0.3 is 9.47 Å². The summed E-state index contributed by atoms with van der Waals surface area (Å²) in [4.78, 5) is 12.4. The molecule has 5 nitrogen and oxygen atoms in total. The average molecular weight is 481 g/mol. The molecular weight excluding hydrogens is 460 g/mol. The van der Waals surface area contributed by atoms with E-state index in [1.165, 1.54) is 0 Å². The summed E-state index contributed by atoms with van der Waals surface area (Å²) in [6.07, 6.45) is 0.365. The Morgan fingerprint density at radius 2 is 1.60 bits per heavy atom. The summed E-state index contributed by atoms with van der Waals surface area (Å²) in [5, 5.41) is 7.70. The van der Waals surface area contributed by atoms with Gasteiger partial charge in [0.1, 0.15) is 11.5 Å². The molecule has 4 aromatic rings. The number of para-hydroxylation sites is 1. The largest absolute Gasteiger partial charge is 0.464 e. The molecule has 2 aliphatic heterocycles. The Morgan fingerprint density at radius 1 is 0.886 bits per heavy atom. The molecule has 2 heterocycles. The van der Waals surface area contributed by atoms with Crippen molar-refractivity contribution >= 4 is 23.3 Å². The molecule has 0 aliphatic carbocycles. The smallest absolute Gasteiger partial charge is 0.343 e. The quantitative estimate of drug-likeness (QED) is 0.238. The Balaban J connectivity index is 1.29. The van der Waals surface area contributed by atoms with Crippen LogP contribution in [0.4, 0.5) is 0 Å². The molecule has 0 saturated heterocycles. The fourth-order valence-electron chi connectivity index (χ4n) is 4.51. The number of carbonyl (C=O) groups is 1. The highest BCUT2D eigenvalue weighted by Gasteiger charge is 2.40. The van der Waals surface area contributed by atoms with Gasteiger partial charge in [0.25, 0.3) is 0 Å². The van der Waals surface area contributed by atoms with Crippen LogP contribution >= 0.6 is 11.6 Å². The van der Waals surface area contributed by atoms with Gasteiger partial charge in [-0.05, 0) is 60.2 Å². The van der Waals surface area contributed by atoms with E-state index in [0.29, 0.717) is 16.3 Å². The third-order valence-electron chi connectivity index (χ3n) is 6.26. The van der Waals surface area contributed by atoms with Gasteiger partial charge in [-0.25, -0.2) is 9.80 Å². The van der Waals surface area contributed by atoms with Crippen LogP contribution in [-0.2, 0) is 0 Å². The van der Waals surface area contributed by atoms with Gasteiger partial charge in [-0.3, -0.25) is 0 Å². The molecule has 172 valence electrons. The molecule has 4 aromatic carbocycles. The monoisotopic (exact) mass is 480 g/mol. The van der Waals surface area contributed by atoms with Crippen LogP contribution in [0.2, 0.25) is 5.02 Å². The number of ether oxygens (including phenoxy) is 2. The second-order valence-electron chi connectivity index (χ2n) is 8.49. The van der Waals surface area contributed by atoms with E-state index in [2.05, 4.69) is 6.07 Å². The molecule has 0 N–H and O–H groups in total. The topological polar surface area (TPSA) is 51.1 Å². The number of fused-ring (bicyclic) bond motifs is 3. The third-order valence-corrected chi connectivity index (χ3v) is 6.51. The van der Waals surface area contributed by atoms with E-state index in [-0.39, 0.29) is 6.04 Å². The van der Waals surface area contributed by atoms with E-state index >= 15 is 0 Å². The molecular formula is C29H21ClN2O3. The summed E-state index contributed by atoms with van der Waals surface area (Å²) in [6.45, 7) is 0. The number of esters is 1. The van der Waals surface area contributed by atoms with Crippen molar-refractivity contribution < 1.29 is 14.3 Å². The van der Waals surface area contributed by atoms with Gasteiger partial charge in [-0.2, -0.15) is 5.10 Å². The Morgan fingerprint density at radius 3 is 2.37 bits per heavy atom. The molecule has 0 amide bonds. The molecule has 2 unspecified atom stereocenters. The van der Waals surface area contributed by atoms with Crippen LogP contribution in [0.1, 0.15) is 45.7 Å². The normalized spacial score (nSPS) is 18.2. The molecule has 6 rings (SSSR count). The molecule has 0 bridgehead atoms. The summed E-state index contributed by atoms with van der Waals surface area (Å²) >= 11 is 6.09. The van der Waals surface area contributed by atoms with Crippen LogP contribution in [0, 0.1) is 0 Å². The lowest BCUT2D eigenvalue weighted by atomic mass is 9.96. The molecule has 0 aromatic heterocycles. The molecule has 0 radical (unpaired) electrons. The van der Waals surface area contributed by atoms with E-state index in [0.717, 1.165) is 34.6 Å². The molecule has 0 fully saturated rings.